The number of ether oxygens (including phenoxy) is 4. The van der Waals surface area contributed by atoms with Gasteiger partial charge in [0.1, 0.15) is 23.9 Å². The van der Waals surface area contributed by atoms with Crippen LogP contribution in [0.15, 0.2) is 54.2 Å². The maximum atomic E-state index is 12.9. The first kappa shape index (κ1) is 42.9. The summed E-state index contributed by atoms with van der Waals surface area (Å²) in [5, 5.41) is 55.1. The van der Waals surface area contributed by atoms with Crippen LogP contribution in [0.3, 0.4) is 0 Å². The van der Waals surface area contributed by atoms with E-state index in [-0.39, 0.29) is 43.3 Å². The van der Waals surface area contributed by atoms with Gasteiger partial charge < -0.3 is 34.3 Å². The van der Waals surface area contributed by atoms with Crippen LogP contribution < -0.4 is 0 Å². The summed E-state index contributed by atoms with van der Waals surface area (Å²) in [5.41, 5.74) is -3.79. The van der Waals surface area contributed by atoms with Crippen molar-refractivity contribution < 1.29 is 58.5 Å². The van der Waals surface area contributed by atoms with Gasteiger partial charge in [-0.25, -0.2) is 4.79 Å². The van der Waals surface area contributed by atoms with Crippen LogP contribution in [0.4, 0.5) is 11.4 Å². The number of allylic oxidation sites excluding steroid dienone is 2. The van der Waals surface area contributed by atoms with E-state index in [0.29, 0.717) is 12.0 Å². The normalized spacial score (nSPS) is 29.7. The van der Waals surface area contributed by atoms with E-state index in [0.717, 1.165) is 18.2 Å². The minimum absolute atomic E-state index is 0.0701. The Morgan fingerprint density at radius 1 is 1.15 bits per heavy atom. The van der Waals surface area contributed by atoms with Gasteiger partial charge in [-0.15, -0.1) is 0 Å². The molecule has 1 fully saturated rings. The van der Waals surface area contributed by atoms with Crippen molar-refractivity contribution in [3.8, 4) is 0 Å². The maximum absolute atomic E-state index is 12.9. The highest BCUT2D eigenvalue weighted by atomic mass is 16.6. The Balaban J connectivity index is 1.69. The zero-order chi connectivity index (χ0) is 39.8. The van der Waals surface area contributed by atoms with Gasteiger partial charge in [-0.05, 0) is 51.7 Å². The lowest BCUT2D eigenvalue weighted by molar-refractivity contribution is -0.394. The summed E-state index contributed by atoms with van der Waals surface area (Å²) in [6.45, 7) is 11.4. The third kappa shape index (κ3) is 12.6. The number of hydrogen-bond donors (Lipinski definition) is 3. The van der Waals surface area contributed by atoms with Crippen LogP contribution in [0.2, 0.25) is 0 Å². The molecule has 10 atom stereocenters. The number of carbonyl (C=O) groups excluding carboxylic acids is 3. The number of carbonyl (C=O) groups is 3. The molecule has 1 saturated heterocycles. The van der Waals surface area contributed by atoms with Gasteiger partial charge in [-0.3, -0.25) is 29.8 Å². The van der Waals surface area contributed by atoms with Crippen molar-refractivity contribution in [2.75, 3.05) is 0 Å². The van der Waals surface area contributed by atoms with Crippen molar-refractivity contribution >= 4 is 29.3 Å². The van der Waals surface area contributed by atoms with Crippen LogP contribution in [0.5, 0.6) is 0 Å². The lowest BCUT2D eigenvalue weighted by Gasteiger charge is -2.32. The number of benzene rings is 1. The Morgan fingerprint density at radius 3 is 2.34 bits per heavy atom. The number of esters is 3. The van der Waals surface area contributed by atoms with E-state index < -0.39 is 86.8 Å². The lowest BCUT2D eigenvalue weighted by atomic mass is 9.88. The molecule has 16 nitrogen and oxygen atoms in total. The van der Waals surface area contributed by atoms with Gasteiger partial charge in [0, 0.05) is 37.3 Å². The van der Waals surface area contributed by atoms with E-state index in [1.165, 1.54) is 13.8 Å². The molecule has 3 rings (SSSR count). The molecule has 2 heterocycles. The fourth-order valence-corrected chi connectivity index (χ4v) is 6.29. The molecule has 0 aliphatic carbocycles. The van der Waals surface area contributed by atoms with Crippen LogP contribution in [0.1, 0.15) is 90.9 Å². The number of nitrogens with zero attached hydrogens (tertiary/aromatic N) is 2. The number of hydrogen-bond acceptors (Lipinski definition) is 14. The number of epoxide rings is 1. The van der Waals surface area contributed by atoms with E-state index >= 15 is 0 Å². The highest BCUT2D eigenvalue weighted by molar-refractivity contribution is 5.91. The van der Waals surface area contributed by atoms with Crippen LogP contribution in [0, 0.1) is 32.1 Å². The van der Waals surface area contributed by atoms with Gasteiger partial charge >= 0.3 is 17.9 Å². The largest absolute Gasteiger partial charge is 0.458 e. The number of aliphatic hydroxyl groups excluding tert-OH is 1. The minimum Gasteiger partial charge on any atom is -0.458 e. The Bertz CT molecular complexity index is 1580. The summed E-state index contributed by atoms with van der Waals surface area (Å²) in [7, 11) is 0. The smallest absolute Gasteiger partial charge is 0.338 e. The molecule has 0 amide bonds. The zero-order valence-electron chi connectivity index (χ0n) is 31.0. The predicted octanol–water partition coefficient (Wildman–Crippen LogP) is 4.82. The SMILES string of the molecule is CC[C@H](OC(=O)c1cc([N+](=O)[O-])cc([N+](=O)[O-])c1)[C@@H](C)[C@@H]1O[C@@H]1C[C@@](C)(O)/C=C/C=C(\C)[C@H]1OC(=O)C[C@H](O)CC[C@@](C)(O)[C@@H](OC(C)=O)/C=C\[C@@H]1C. The van der Waals surface area contributed by atoms with Crippen molar-refractivity contribution in [2.45, 2.75) is 128 Å². The summed E-state index contributed by atoms with van der Waals surface area (Å²) >= 11 is 0. The molecule has 16 heteroatoms. The Hall–Kier alpha value is -4.51. The van der Waals surface area contributed by atoms with E-state index in [9.17, 15) is 49.9 Å². The minimum atomic E-state index is -1.50. The van der Waals surface area contributed by atoms with E-state index in [4.69, 9.17) is 18.9 Å². The number of nitro groups is 2. The molecular formula is C37H50N2O14. The van der Waals surface area contributed by atoms with Gasteiger partial charge in [0.15, 0.2) is 0 Å². The molecule has 292 valence electrons. The Morgan fingerprint density at radius 2 is 1.77 bits per heavy atom. The molecule has 1 aromatic rings. The third-order valence-corrected chi connectivity index (χ3v) is 9.44. The molecule has 2 aliphatic heterocycles. The highest BCUT2D eigenvalue weighted by Crippen LogP contribution is 2.39. The molecule has 0 unspecified atom stereocenters. The fourth-order valence-electron chi connectivity index (χ4n) is 6.29. The first-order valence-corrected chi connectivity index (χ1v) is 17.5. The molecule has 1 aromatic carbocycles. The second kappa shape index (κ2) is 18.0. The van der Waals surface area contributed by atoms with Gasteiger partial charge in [0.05, 0.1) is 51.8 Å². The van der Waals surface area contributed by atoms with Crippen LogP contribution in [-0.4, -0.2) is 90.9 Å². The number of aliphatic hydroxyl groups is 3. The molecule has 0 spiro atoms. The first-order valence-electron chi connectivity index (χ1n) is 17.5. The molecule has 0 bridgehead atoms. The molecule has 0 aromatic heterocycles. The lowest BCUT2D eigenvalue weighted by Crippen LogP contribution is -2.42. The van der Waals surface area contributed by atoms with Crippen LogP contribution >= 0.6 is 0 Å². The summed E-state index contributed by atoms with van der Waals surface area (Å²) < 4.78 is 22.6. The van der Waals surface area contributed by atoms with Crippen molar-refractivity contribution in [1.29, 1.82) is 0 Å². The molecule has 0 radical (unpaired) electrons. The average Bonchev–Trinajstić information content (AvgIpc) is 3.83. The standard InChI is InChI=1S/C37H50N2O14/c1-8-29(52-35(43)25-16-26(38(46)47)18-27(17-25)39(48)49)23(4)34-30(51-34)20-36(6,44)14-9-10-21(2)33-22(3)11-12-31(50-24(5)40)37(7,45)15-13-28(41)19-32(42)53-33/h9-12,14,16-18,22-23,28-31,33-34,41,44-45H,8,13,15,19-20H2,1-7H3/b12-11-,14-9+,21-10+/t22-,23+,28+,29-,30+,31-,33+,34-,36-,37+/m0/s1. The van der Waals surface area contributed by atoms with Crippen molar-refractivity contribution in [1.82, 2.24) is 0 Å². The fraction of sp³-hybridized carbons (Fsp3) is 0.595. The Labute approximate surface area is 307 Å². The number of nitro benzene ring substituents is 2. The zero-order valence-corrected chi connectivity index (χ0v) is 31.0. The molecule has 53 heavy (non-hydrogen) atoms. The van der Waals surface area contributed by atoms with Crippen LogP contribution in [0.25, 0.3) is 0 Å². The average molecular weight is 747 g/mol. The summed E-state index contributed by atoms with van der Waals surface area (Å²) in [5.74, 6) is -2.96. The topological polar surface area (TPSA) is 238 Å². The van der Waals surface area contributed by atoms with E-state index in [1.807, 2.05) is 0 Å². The van der Waals surface area contributed by atoms with Gasteiger partial charge in [0.2, 0.25) is 0 Å². The second-order valence-electron chi connectivity index (χ2n) is 14.4. The van der Waals surface area contributed by atoms with E-state index in [2.05, 4.69) is 0 Å². The number of rotatable bonds is 13. The summed E-state index contributed by atoms with van der Waals surface area (Å²) in [6.07, 6.45) is 4.12. The van der Waals surface area contributed by atoms with Gasteiger partial charge in [-0.1, -0.05) is 45.1 Å². The maximum Gasteiger partial charge on any atom is 0.338 e. The summed E-state index contributed by atoms with van der Waals surface area (Å²) in [4.78, 5) is 58.2. The molecule has 3 N–H and O–H groups in total. The number of cyclic esters (lactones) is 1. The monoisotopic (exact) mass is 746 g/mol. The van der Waals surface area contributed by atoms with Gasteiger partial charge in [-0.2, -0.15) is 0 Å². The number of non-ortho nitro benzene ring substituents is 2. The predicted molar refractivity (Wildman–Crippen MR) is 189 cm³/mol. The second-order valence-corrected chi connectivity index (χ2v) is 14.4. The molecule has 0 saturated carbocycles. The quantitative estimate of drug-likeness (QED) is 0.0467. The van der Waals surface area contributed by atoms with Crippen LogP contribution in [-0.2, 0) is 28.5 Å². The molecule has 2 aliphatic rings. The molecular weight excluding hydrogens is 696 g/mol. The van der Waals surface area contributed by atoms with Gasteiger partial charge in [0.25, 0.3) is 11.4 Å². The summed E-state index contributed by atoms with van der Waals surface area (Å²) in [6, 6.07) is 2.60. The first-order chi connectivity index (χ1) is 24.6. The third-order valence-electron chi connectivity index (χ3n) is 9.44. The van der Waals surface area contributed by atoms with Crippen molar-refractivity contribution in [2.24, 2.45) is 11.8 Å². The Kier molecular flexibility index (Phi) is 14.6. The van der Waals surface area contributed by atoms with Crippen molar-refractivity contribution in [3.63, 3.8) is 0 Å². The van der Waals surface area contributed by atoms with Crippen molar-refractivity contribution in [3.05, 3.63) is 79.9 Å². The van der Waals surface area contributed by atoms with E-state index in [1.54, 1.807) is 65.0 Å². The highest BCUT2D eigenvalue weighted by Gasteiger charge is 2.48.